The lowest BCUT2D eigenvalue weighted by Gasteiger charge is -1.96. The molecule has 1 rings (SSSR count). The molecular weight excluding hydrogens is 180 g/mol. The molecule has 0 aliphatic rings. The molecule has 74 valence electrons. The van der Waals surface area contributed by atoms with Gasteiger partial charge in [0.2, 0.25) is 0 Å². The molecule has 0 spiro atoms. The molecule has 0 aromatic carbocycles. The summed E-state index contributed by atoms with van der Waals surface area (Å²) in [7, 11) is 0. The van der Waals surface area contributed by atoms with E-state index in [9.17, 15) is 4.79 Å². The average molecular weight is 192 g/mol. The van der Waals surface area contributed by atoms with Gasteiger partial charge in [-0.2, -0.15) is 0 Å². The van der Waals surface area contributed by atoms with E-state index < -0.39 is 0 Å². The highest BCUT2D eigenvalue weighted by Crippen LogP contribution is 1.88. The Morgan fingerprint density at radius 3 is 3.14 bits per heavy atom. The normalized spacial score (nSPS) is 10.4. The predicted molar refractivity (Wildman–Crippen MR) is 53.3 cm³/mol. The molecule has 1 aromatic rings. The molecule has 0 aliphatic carbocycles. The number of hydrogen-bond acceptors (Lipinski definition) is 4. The topological polar surface area (TPSA) is 51.5 Å². The van der Waals surface area contributed by atoms with Gasteiger partial charge in [-0.1, -0.05) is 6.07 Å². The van der Waals surface area contributed by atoms with E-state index in [1.54, 1.807) is 19.3 Å². The van der Waals surface area contributed by atoms with Crippen LogP contribution in [-0.2, 0) is 9.53 Å². The van der Waals surface area contributed by atoms with Crippen LogP contribution < -0.4 is 0 Å². The molecule has 0 unspecified atom stereocenters. The van der Waals surface area contributed by atoms with E-state index in [-0.39, 0.29) is 12.5 Å². The van der Waals surface area contributed by atoms with Gasteiger partial charge in [-0.15, -0.1) is 0 Å². The lowest BCUT2D eigenvalue weighted by atomic mass is 10.4. The molecule has 0 saturated carbocycles. The maximum atomic E-state index is 10.9. The molecular formula is C10H12N2O2. The third kappa shape index (κ3) is 3.80. The SMILES string of the molecule is CCOC(=O)CN=Cc1ccccn1. The highest BCUT2D eigenvalue weighted by atomic mass is 16.5. The molecule has 0 radical (unpaired) electrons. The number of aliphatic imine (C=N–C) groups is 1. The number of ether oxygens (including phenoxy) is 1. The lowest BCUT2D eigenvalue weighted by molar-refractivity contribution is -0.141. The lowest BCUT2D eigenvalue weighted by Crippen LogP contribution is -2.07. The van der Waals surface area contributed by atoms with Gasteiger partial charge < -0.3 is 4.74 Å². The summed E-state index contributed by atoms with van der Waals surface area (Å²) < 4.78 is 4.71. The quantitative estimate of drug-likeness (QED) is 0.529. The van der Waals surface area contributed by atoms with Crippen molar-refractivity contribution in [3.05, 3.63) is 30.1 Å². The van der Waals surface area contributed by atoms with Gasteiger partial charge in [0, 0.05) is 12.4 Å². The van der Waals surface area contributed by atoms with E-state index in [0.717, 1.165) is 5.69 Å². The molecule has 0 fully saturated rings. The van der Waals surface area contributed by atoms with Crippen molar-refractivity contribution < 1.29 is 9.53 Å². The largest absolute Gasteiger partial charge is 0.465 e. The van der Waals surface area contributed by atoms with Crippen LogP contribution in [0.15, 0.2) is 29.4 Å². The van der Waals surface area contributed by atoms with Crippen LogP contribution in [0.5, 0.6) is 0 Å². The Hall–Kier alpha value is -1.71. The summed E-state index contributed by atoms with van der Waals surface area (Å²) in [6.45, 7) is 2.20. The van der Waals surface area contributed by atoms with Crippen LogP contribution in [0, 0.1) is 0 Å². The summed E-state index contributed by atoms with van der Waals surface area (Å²) >= 11 is 0. The fraction of sp³-hybridized carbons (Fsp3) is 0.300. The fourth-order valence-electron chi connectivity index (χ4n) is 0.873. The molecule has 14 heavy (non-hydrogen) atoms. The maximum absolute atomic E-state index is 10.9. The summed E-state index contributed by atoms with van der Waals surface area (Å²) in [6.07, 6.45) is 3.22. The Morgan fingerprint density at radius 2 is 2.50 bits per heavy atom. The second kappa shape index (κ2) is 5.85. The molecule has 4 nitrogen and oxygen atoms in total. The van der Waals surface area contributed by atoms with Crippen molar-refractivity contribution in [2.24, 2.45) is 4.99 Å². The van der Waals surface area contributed by atoms with Crippen LogP contribution in [0.1, 0.15) is 12.6 Å². The zero-order valence-corrected chi connectivity index (χ0v) is 8.01. The summed E-state index contributed by atoms with van der Waals surface area (Å²) in [4.78, 5) is 18.8. The van der Waals surface area contributed by atoms with Gasteiger partial charge in [0.05, 0.1) is 12.3 Å². The minimum Gasteiger partial charge on any atom is -0.465 e. The molecule has 0 atom stereocenters. The number of hydrogen-bond donors (Lipinski definition) is 0. The van der Waals surface area contributed by atoms with Crippen molar-refractivity contribution in [3.63, 3.8) is 0 Å². The minimum atomic E-state index is -0.320. The molecule has 0 amide bonds. The summed E-state index contributed by atoms with van der Waals surface area (Å²) in [5.74, 6) is -0.320. The first-order chi connectivity index (χ1) is 6.83. The fourth-order valence-corrected chi connectivity index (χ4v) is 0.873. The highest BCUT2D eigenvalue weighted by molar-refractivity contribution is 5.80. The number of carbonyl (C=O) groups excluding carboxylic acids is 1. The third-order valence-electron chi connectivity index (χ3n) is 1.44. The Bertz CT molecular complexity index is 309. The van der Waals surface area contributed by atoms with E-state index in [4.69, 9.17) is 4.74 Å². The Balaban J connectivity index is 2.38. The first-order valence-electron chi connectivity index (χ1n) is 4.39. The van der Waals surface area contributed by atoms with E-state index in [1.165, 1.54) is 0 Å². The van der Waals surface area contributed by atoms with Crippen LogP contribution in [0.3, 0.4) is 0 Å². The summed E-state index contributed by atoms with van der Waals surface area (Å²) in [5, 5.41) is 0. The van der Waals surface area contributed by atoms with Gasteiger partial charge in [-0.25, -0.2) is 0 Å². The third-order valence-corrected chi connectivity index (χ3v) is 1.44. The minimum absolute atomic E-state index is 0.0460. The number of nitrogens with zero attached hydrogens (tertiary/aromatic N) is 2. The highest BCUT2D eigenvalue weighted by Gasteiger charge is 1.96. The Kier molecular flexibility index (Phi) is 4.34. The van der Waals surface area contributed by atoms with Crippen LogP contribution in [0.2, 0.25) is 0 Å². The molecule has 0 N–H and O–H groups in total. The number of carbonyl (C=O) groups is 1. The van der Waals surface area contributed by atoms with Gasteiger partial charge in [0.25, 0.3) is 0 Å². The molecule has 0 saturated heterocycles. The van der Waals surface area contributed by atoms with Crippen molar-refractivity contribution in [1.82, 2.24) is 4.98 Å². The Labute approximate surface area is 82.6 Å². The monoisotopic (exact) mass is 192 g/mol. The van der Waals surface area contributed by atoms with Gasteiger partial charge >= 0.3 is 5.97 Å². The first-order valence-corrected chi connectivity index (χ1v) is 4.39. The van der Waals surface area contributed by atoms with E-state index in [0.29, 0.717) is 6.61 Å². The van der Waals surface area contributed by atoms with Gasteiger partial charge in [-0.3, -0.25) is 14.8 Å². The van der Waals surface area contributed by atoms with Gasteiger partial charge in [-0.05, 0) is 19.1 Å². The number of aromatic nitrogens is 1. The van der Waals surface area contributed by atoms with Crippen LogP contribution in [-0.4, -0.2) is 30.3 Å². The number of esters is 1. The van der Waals surface area contributed by atoms with E-state index in [1.807, 2.05) is 18.2 Å². The zero-order chi connectivity index (χ0) is 10.2. The molecule has 1 heterocycles. The van der Waals surface area contributed by atoms with Crippen LogP contribution >= 0.6 is 0 Å². The predicted octanol–water partition coefficient (Wildman–Crippen LogP) is 1.06. The molecule has 0 bridgehead atoms. The summed E-state index contributed by atoms with van der Waals surface area (Å²) in [6, 6.07) is 5.50. The second-order valence-corrected chi connectivity index (χ2v) is 2.53. The second-order valence-electron chi connectivity index (χ2n) is 2.53. The van der Waals surface area contributed by atoms with E-state index >= 15 is 0 Å². The van der Waals surface area contributed by atoms with Crippen LogP contribution in [0.4, 0.5) is 0 Å². The first kappa shape index (κ1) is 10.4. The van der Waals surface area contributed by atoms with Crippen molar-refractivity contribution in [3.8, 4) is 0 Å². The maximum Gasteiger partial charge on any atom is 0.327 e. The van der Waals surface area contributed by atoms with Crippen molar-refractivity contribution in [2.75, 3.05) is 13.2 Å². The standard InChI is InChI=1S/C10H12N2O2/c1-2-14-10(13)8-11-7-9-5-3-4-6-12-9/h3-7H,2,8H2,1H3. The average Bonchev–Trinajstić information content (AvgIpc) is 2.20. The molecule has 4 heteroatoms. The van der Waals surface area contributed by atoms with Crippen molar-refractivity contribution >= 4 is 12.2 Å². The zero-order valence-electron chi connectivity index (χ0n) is 8.01. The van der Waals surface area contributed by atoms with Crippen molar-refractivity contribution in [1.29, 1.82) is 0 Å². The smallest absolute Gasteiger partial charge is 0.327 e. The summed E-state index contributed by atoms with van der Waals surface area (Å²) in [5.41, 5.74) is 0.733. The van der Waals surface area contributed by atoms with Gasteiger partial charge in [0.15, 0.2) is 0 Å². The number of pyridine rings is 1. The number of rotatable bonds is 4. The van der Waals surface area contributed by atoms with Crippen LogP contribution in [0.25, 0.3) is 0 Å². The van der Waals surface area contributed by atoms with E-state index in [2.05, 4.69) is 9.98 Å². The van der Waals surface area contributed by atoms with Gasteiger partial charge in [0.1, 0.15) is 6.54 Å². The molecule has 1 aromatic heterocycles. The Morgan fingerprint density at radius 1 is 1.64 bits per heavy atom. The van der Waals surface area contributed by atoms with Crippen molar-refractivity contribution in [2.45, 2.75) is 6.92 Å². The molecule has 0 aliphatic heterocycles.